The quantitative estimate of drug-likeness (QED) is 0.737. The highest BCUT2D eigenvalue weighted by Crippen LogP contribution is 2.19. The minimum Gasteiger partial charge on any atom is -0.324 e. The highest BCUT2D eigenvalue weighted by atomic mass is 16.2. The molecule has 2 heterocycles. The van der Waals surface area contributed by atoms with Crippen molar-refractivity contribution in [3.8, 4) is 0 Å². The number of aromatic nitrogens is 3. The van der Waals surface area contributed by atoms with Crippen molar-refractivity contribution < 1.29 is 9.59 Å². The molecular weight excluding hydrogens is 354 g/mol. The first-order chi connectivity index (χ1) is 13.3. The van der Waals surface area contributed by atoms with Gasteiger partial charge in [-0.2, -0.15) is 5.10 Å². The SMILES string of the molecule is Cc1cc(C)c(CCN2C(=O)CCN(CCCc3ncn(C)n3)C2=O)c(C)c1. The molecule has 0 N–H and O–H groups in total. The zero-order chi connectivity index (χ0) is 20.3. The number of hydrogen-bond donors (Lipinski definition) is 0. The summed E-state index contributed by atoms with van der Waals surface area (Å²) in [6, 6.07) is 4.13. The lowest BCUT2D eigenvalue weighted by molar-refractivity contribution is -0.130. The predicted octanol–water partition coefficient (Wildman–Crippen LogP) is 2.57. The maximum absolute atomic E-state index is 12.8. The number of nitrogens with zero attached hydrogens (tertiary/aromatic N) is 5. The number of rotatable bonds is 7. The van der Waals surface area contributed by atoms with Gasteiger partial charge >= 0.3 is 6.03 Å². The van der Waals surface area contributed by atoms with E-state index in [1.807, 2.05) is 7.05 Å². The number of urea groups is 1. The fourth-order valence-electron chi connectivity index (χ4n) is 3.92. The molecule has 0 atom stereocenters. The molecule has 1 aromatic carbocycles. The summed E-state index contributed by atoms with van der Waals surface area (Å²) < 4.78 is 1.68. The topological polar surface area (TPSA) is 71.3 Å². The van der Waals surface area contributed by atoms with Crippen LogP contribution in [0.15, 0.2) is 18.5 Å². The normalized spacial score (nSPS) is 14.9. The lowest BCUT2D eigenvalue weighted by Gasteiger charge is -2.34. The summed E-state index contributed by atoms with van der Waals surface area (Å²) in [6.45, 7) is 7.80. The number of carbonyl (C=O) groups excluding carboxylic acids is 2. The summed E-state index contributed by atoms with van der Waals surface area (Å²) in [5.41, 5.74) is 4.89. The zero-order valence-electron chi connectivity index (χ0n) is 17.2. The fraction of sp³-hybridized carbons (Fsp3) is 0.524. The number of hydrogen-bond acceptors (Lipinski definition) is 4. The summed E-state index contributed by atoms with van der Waals surface area (Å²) in [4.78, 5) is 32.6. The monoisotopic (exact) mass is 383 g/mol. The van der Waals surface area contributed by atoms with Gasteiger partial charge in [0.15, 0.2) is 5.82 Å². The number of benzene rings is 1. The molecule has 0 radical (unpaired) electrons. The molecule has 7 nitrogen and oxygen atoms in total. The summed E-state index contributed by atoms with van der Waals surface area (Å²) in [5.74, 6) is 0.709. The first kappa shape index (κ1) is 20.0. The number of carbonyl (C=O) groups is 2. The van der Waals surface area contributed by atoms with Crippen LogP contribution in [0.25, 0.3) is 0 Å². The Balaban J connectivity index is 1.58. The van der Waals surface area contributed by atoms with Gasteiger partial charge in [-0.25, -0.2) is 9.78 Å². The van der Waals surface area contributed by atoms with Gasteiger partial charge in [-0.1, -0.05) is 17.7 Å². The van der Waals surface area contributed by atoms with E-state index in [0.717, 1.165) is 18.7 Å². The first-order valence-electron chi connectivity index (χ1n) is 9.85. The van der Waals surface area contributed by atoms with E-state index in [1.165, 1.54) is 27.2 Å². The Labute approximate surface area is 166 Å². The molecule has 0 spiro atoms. The van der Waals surface area contributed by atoms with Gasteiger partial charge in [0.1, 0.15) is 6.33 Å². The Morgan fingerprint density at radius 1 is 1.04 bits per heavy atom. The highest BCUT2D eigenvalue weighted by molar-refractivity contribution is 5.96. The van der Waals surface area contributed by atoms with Crippen LogP contribution in [0.4, 0.5) is 4.79 Å². The fourth-order valence-corrected chi connectivity index (χ4v) is 3.92. The van der Waals surface area contributed by atoms with Crippen LogP contribution < -0.4 is 0 Å². The molecule has 1 fully saturated rings. The Kier molecular flexibility index (Phi) is 6.11. The zero-order valence-corrected chi connectivity index (χ0v) is 17.2. The van der Waals surface area contributed by atoms with Crippen LogP contribution in [0.1, 0.15) is 40.9 Å². The van der Waals surface area contributed by atoms with Crippen LogP contribution in [-0.4, -0.2) is 56.1 Å². The van der Waals surface area contributed by atoms with Crippen molar-refractivity contribution in [3.63, 3.8) is 0 Å². The summed E-state index contributed by atoms with van der Waals surface area (Å²) in [5, 5.41) is 4.26. The van der Waals surface area contributed by atoms with Crippen LogP contribution in [0.5, 0.6) is 0 Å². The lowest BCUT2D eigenvalue weighted by atomic mass is 9.97. The van der Waals surface area contributed by atoms with E-state index < -0.39 is 0 Å². The number of aryl methyl sites for hydroxylation is 5. The molecule has 0 aliphatic carbocycles. The van der Waals surface area contributed by atoms with Crippen LogP contribution in [0.2, 0.25) is 0 Å². The highest BCUT2D eigenvalue weighted by Gasteiger charge is 2.31. The van der Waals surface area contributed by atoms with Crippen molar-refractivity contribution in [2.75, 3.05) is 19.6 Å². The van der Waals surface area contributed by atoms with E-state index in [-0.39, 0.29) is 11.9 Å². The van der Waals surface area contributed by atoms with E-state index >= 15 is 0 Å². The molecule has 1 aliphatic rings. The lowest BCUT2D eigenvalue weighted by Crippen LogP contribution is -2.53. The Hall–Kier alpha value is -2.70. The van der Waals surface area contributed by atoms with Crippen LogP contribution in [-0.2, 0) is 24.7 Å². The number of imide groups is 1. The summed E-state index contributed by atoms with van der Waals surface area (Å²) in [7, 11) is 1.84. The van der Waals surface area contributed by atoms with Gasteiger partial charge in [-0.15, -0.1) is 0 Å². The molecule has 0 bridgehead atoms. The molecule has 1 aromatic heterocycles. The second-order valence-electron chi connectivity index (χ2n) is 7.63. The maximum Gasteiger partial charge on any atom is 0.326 e. The molecular formula is C21H29N5O2. The molecule has 7 heteroatoms. The standard InChI is InChI=1S/C21H29N5O2/c1-15-12-16(2)18(17(3)13-15)7-11-26-20(27)8-10-25(21(26)28)9-5-6-19-22-14-24(4)23-19/h12-14H,5-11H2,1-4H3. The average molecular weight is 383 g/mol. The molecule has 3 rings (SSSR count). The van der Waals surface area contributed by atoms with E-state index in [4.69, 9.17) is 0 Å². The van der Waals surface area contributed by atoms with Crippen molar-refractivity contribution in [1.82, 2.24) is 24.6 Å². The third-order valence-corrected chi connectivity index (χ3v) is 5.30. The molecule has 0 saturated carbocycles. The van der Waals surface area contributed by atoms with Crippen LogP contribution >= 0.6 is 0 Å². The second kappa shape index (κ2) is 8.54. The predicted molar refractivity (Wildman–Crippen MR) is 107 cm³/mol. The van der Waals surface area contributed by atoms with Crippen molar-refractivity contribution in [3.05, 3.63) is 46.5 Å². The third-order valence-electron chi connectivity index (χ3n) is 5.30. The van der Waals surface area contributed by atoms with Crippen LogP contribution in [0.3, 0.4) is 0 Å². The number of amides is 3. The first-order valence-corrected chi connectivity index (χ1v) is 9.85. The Morgan fingerprint density at radius 2 is 1.75 bits per heavy atom. The second-order valence-corrected chi connectivity index (χ2v) is 7.63. The third kappa shape index (κ3) is 4.58. The van der Waals surface area contributed by atoms with Gasteiger partial charge in [0.25, 0.3) is 0 Å². The largest absolute Gasteiger partial charge is 0.326 e. The van der Waals surface area contributed by atoms with Gasteiger partial charge in [0.05, 0.1) is 0 Å². The van der Waals surface area contributed by atoms with Crippen molar-refractivity contribution in [2.24, 2.45) is 7.05 Å². The molecule has 150 valence electrons. The smallest absolute Gasteiger partial charge is 0.324 e. The van der Waals surface area contributed by atoms with Crippen molar-refractivity contribution >= 4 is 11.9 Å². The van der Waals surface area contributed by atoms with Gasteiger partial charge < -0.3 is 4.90 Å². The Bertz CT molecular complexity index is 850. The molecule has 0 unspecified atom stereocenters. The summed E-state index contributed by atoms with van der Waals surface area (Å²) >= 11 is 0. The van der Waals surface area contributed by atoms with Crippen molar-refractivity contribution in [1.29, 1.82) is 0 Å². The average Bonchev–Trinajstić information content (AvgIpc) is 3.03. The van der Waals surface area contributed by atoms with Crippen molar-refractivity contribution in [2.45, 2.75) is 46.5 Å². The van der Waals surface area contributed by atoms with Crippen LogP contribution in [0, 0.1) is 20.8 Å². The molecule has 3 amide bonds. The van der Waals surface area contributed by atoms with E-state index in [2.05, 4.69) is 43.0 Å². The molecule has 28 heavy (non-hydrogen) atoms. The minimum atomic E-state index is -0.173. The van der Waals surface area contributed by atoms with E-state index in [1.54, 1.807) is 15.9 Å². The minimum absolute atomic E-state index is 0.0740. The van der Waals surface area contributed by atoms with E-state index in [9.17, 15) is 9.59 Å². The van der Waals surface area contributed by atoms with Gasteiger partial charge in [0, 0.05) is 39.5 Å². The molecule has 1 saturated heterocycles. The van der Waals surface area contributed by atoms with Gasteiger partial charge in [0.2, 0.25) is 5.91 Å². The van der Waals surface area contributed by atoms with Gasteiger partial charge in [-0.3, -0.25) is 14.4 Å². The summed E-state index contributed by atoms with van der Waals surface area (Å²) in [6.07, 6.45) is 4.27. The molecule has 2 aromatic rings. The molecule has 1 aliphatic heterocycles. The van der Waals surface area contributed by atoms with Gasteiger partial charge in [-0.05, 0) is 50.3 Å². The Morgan fingerprint density at radius 3 is 2.39 bits per heavy atom. The maximum atomic E-state index is 12.8. The van der Waals surface area contributed by atoms with E-state index in [0.29, 0.717) is 32.5 Å².